The Balaban J connectivity index is 0.00000149. The largest absolute Gasteiger partial charge is 0.391 e. The second-order valence-electron chi connectivity index (χ2n) is 7.67. The molecule has 0 aliphatic heterocycles. The Kier molecular flexibility index (Phi) is 10.5. The average Bonchev–Trinajstić information content (AvgIpc) is 3.19. The molecule has 7 heteroatoms. The van der Waals surface area contributed by atoms with Gasteiger partial charge in [0.05, 0.1) is 12.1 Å². The van der Waals surface area contributed by atoms with E-state index in [4.69, 9.17) is 0 Å². The smallest absolute Gasteiger partial charge is 0.0784 e. The van der Waals surface area contributed by atoms with Gasteiger partial charge in [-0.25, -0.2) is 4.72 Å². The van der Waals surface area contributed by atoms with E-state index in [-0.39, 0.29) is 13.2 Å². The Morgan fingerprint density at radius 2 is 1.88 bits per heavy atom. The second kappa shape index (κ2) is 13.4. The highest BCUT2D eigenvalue weighted by molar-refractivity contribution is 8.99. The maximum absolute atomic E-state index is 10.6. The number of aliphatic hydroxyl groups is 1. The molecule has 2 unspecified atom stereocenters. The Labute approximate surface area is 207 Å². The fourth-order valence-electron chi connectivity index (χ4n) is 3.69. The number of anilines is 1. The van der Waals surface area contributed by atoms with E-state index in [2.05, 4.69) is 77.1 Å². The van der Waals surface area contributed by atoms with Gasteiger partial charge in [-0.05, 0) is 87.4 Å². The lowest BCUT2D eigenvalue weighted by molar-refractivity contribution is 0.153. The van der Waals surface area contributed by atoms with Crippen molar-refractivity contribution in [2.24, 2.45) is 0 Å². The van der Waals surface area contributed by atoms with Crippen molar-refractivity contribution in [2.45, 2.75) is 52.3 Å². The van der Waals surface area contributed by atoms with Gasteiger partial charge in [-0.15, -0.1) is 0 Å². The minimum Gasteiger partial charge on any atom is -0.391 e. The number of rotatable bonds is 9. The highest BCUT2D eigenvalue weighted by Crippen LogP contribution is 2.52. The van der Waals surface area contributed by atoms with Gasteiger partial charge < -0.3 is 10.4 Å². The molecule has 0 saturated heterocycles. The van der Waals surface area contributed by atoms with Crippen LogP contribution in [-0.4, -0.2) is 22.9 Å². The molecule has 3 atom stereocenters. The van der Waals surface area contributed by atoms with Crippen molar-refractivity contribution in [3.05, 3.63) is 89.2 Å². The Bertz CT molecular complexity index is 989. The minimum absolute atomic E-state index is 0.0569. The molecule has 4 rings (SSSR count). The lowest BCUT2D eigenvalue weighted by Gasteiger charge is -2.19. The van der Waals surface area contributed by atoms with Gasteiger partial charge in [0.2, 0.25) is 0 Å². The zero-order valence-electron chi connectivity index (χ0n) is 19.8. The molecular weight excluding hydrogens is 465 g/mol. The highest BCUT2D eigenvalue weighted by atomic mass is 33.3. The van der Waals surface area contributed by atoms with Crippen molar-refractivity contribution in [1.29, 1.82) is 0 Å². The zero-order chi connectivity index (χ0) is 23.6. The number of nitrogens with one attached hydrogen (secondary N) is 2. The standard InChI is InChI=1S/C24H28N3OPS2.C2H6/c1-3-17-6-10-21(11-7-17)29(2)31-30-27-24-22-14-20(9-8-19(22)13-23(24)28)26-16-18-5-4-12-25-15-18;1-2/h4-12,14-15,23-24,26-28H,3,13,16H2,1-2H3;1-2H3/t23-,24?,29?;/m1./s1. The third-order valence-corrected chi connectivity index (χ3v) is 11.7. The summed E-state index contributed by atoms with van der Waals surface area (Å²) in [6.07, 6.45) is 5.03. The van der Waals surface area contributed by atoms with E-state index in [0.29, 0.717) is 6.42 Å². The number of pyridine rings is 1. The number of aliphatic hydroxyl groups excluding tert-OH is 1. The third kappa shape index (κ3) is 7.21. The van der Waals surface area contributed by atoms with Crippen LogP contribution in [0.2, 0.25) is 0 Å². The molecule has 3 aromatic rings. The number of nitrogens with zero attached hydrogens (tertiary/aromatic N) is 1. The molecule has 1 heterocycles. The van der Waals surface area contributed by atoms with Gasteiger partial charge in [0.15, 0.2) is 0 Å². The first kappa shape index (κ1) is 26.1. The summed E-state index contributed by atoms with van der Waals surface area (Å²) in [6, 6.07) is 19.3. The molecule has 33 heavy (non-hydrogen) atoms. The maximum atomic E-state index is 10.6. The summed E-state index contributed by atoms with van der Waals surface area (Å²) >= 11 is 0. The zero-order valence-corrected chi connectivity index (χ0v) is 22.3. The van der Waals surface area contributed by atoms with Gasteiger partial charge in [-0.2, -0.15) is 0 Å². The van der Waals surface area contributed by atoms with Crippen molar-refractivity contribution >= 4 is 39.5 Å². The first-order valence-electron chi connectivity index (χ1n) is 11.5. The Hall–Kier alpha value is -1.56. The van der Waals surface area contributed by atoms with Crippen LogP contribution < -0.4 is 15.3 Å². The molecule has 0 fully saturated rings. The van der Waals surface area contributed by atoms with E-state index in [1.54, 1.807) is 17.2 Å². The molecule has 1 aromatic heterocycles. The average molecular weight is 500 g/mol. The first-order chi connectivity index (χ1) is 16.1. The van der Waals surface area contributed by atoms with Crippen LogP contribution in [0.5, 0.6) is 0 Å². The van der Waals surface area contributed by atoms with Gasteiger partial charge >= 0.3 is 0 Å². The van der Waals surface area contributed by atoms with Gasteiger partial charge in [0.25, 0.3) is 0 Å². The maximum Gasteiger partial charge on any atom is 0.0784 e. The van der Waals surface area contributed by atoms with E-state index in [9.17, 15) is 5.11 Å². The molecule has 0 bridgehead atoms. The van der Waals surface area contributed by atoms with Crippen LogP contribution >= 0.6 is 28.5 Å². The van der Waals surface area contributed by atoms with E-state index < -0.39 is 6.10 Å². The van der Waals surface area contributed by atoms with Crippen LogP contribution in [-0.2, 0) is 19.4 Å². The monoisotopic (exact) mass is 499 g/mol. The van der Waals surface area contributed by atoms with E-state index in [1.165, 1.54) is 22.0 Å². The van der Waals surface area contributed by atoms with Crippen molar-refractivity contribution in [2.75, 3.05) is 12.0 Å². The summed E-state index contributed by atoms with van der Waals surface area (Å²) in [5.41, 5.74) is 5.99. The van der Waals surface area contributed by atoms with Gasteiger partial charge in [-0.3, -0.25) is 4.98 Å². The number of aryl methyl sites for hydroxylation is 1. The number of hydrogen-bond acceptors (Lipinski definition) is 6. The number of benzene rings is 2. The number of aromatic nitrogens is 1. The highest BCUT2D eigenvalue weighted by Gasteiger charge is 2.31. The summed E-state index contributed by atoms with van der Waals surface area (Å²) in [5.74, 6) is 0. The predicted octanol–water partition coefficient (Wildman–Crippen LogP) is 6.48. The van der Waals surface area contributed by atoms with E-state index in [0.717, 1.165) is 24.2 Å². The number of fused-ring (bicyclic) bond motifs is 1. The molecule has 1 aliphatic rings. The van der Waals surface area contributed by atoms with Gasteiger partial charge in [0, 0.05) is 31.0 Å². The molecule has 1 aliphatic carbocycles. The van der Waals surface area contributed by atoms with Crippen LogP contribution in [0.25, 0.3) is 0 Å². The quantitative estimate of drug-likeness (QED) is 0.178. The summed E-state index contributed by atoms with van der Waals surface area (Å²) in [7, 11) is 3.19. The summed E-state index contributed by atoms with van der Waals surface area (Å²) < 4.78 is 3.52. The van der Waals surface area contributed by atoms with Crippen molar-refractivity contribution in [1.82, 2.24) is 9.71 Å². The fourth-order valence-corrected chi connectivity index (χ4v) is 8.46. The minimum atomic E-state index is -0.399. The van der Waals surface area contributed by atoms with Crippen LogP contribution in [0.15, 0.2) is 67.0 Å². The summed E-state index contributed by atoms with van der Waals surface area (Å²) in [6.45, 7) is 9.20. The van der Waals surface area contributed by atoms with Crippen LogP contribution in [0.3, 0.4) is 0 Å². The van der Waals surface area contributed by atoms with E-state index >= 15 is 0 Å². The van der Waals surface area contributed by atoms with Crippen LogP contribution in [0.1, 0.15) is 49.1 Å². The molecule has 176 valence electrons. The molecule has 0 radical (unpaired) electrons. The fraction of sp³-hybridized carbons (Fsp3) is 0.346. The Morgan fingerprint density at radius 3 is 2.58 bits per heavy atom. The SMILES string of the molecule is CC.CCc1ccc(P(C)SSNC2c3cc(NCc4cccnc4)ccc3C[C@H]2O)cc1. The van der Waals surface area contributed by atoms with Crippen LogP contribution in [0.4, 0.5) is 5.69 Å². The lowest BCUT2D eigenvalue weighted by Crippen LogP contribution is -2.23. The predicted molar refractivity (Wildman–Crippen MR) is 148 cm³/mol. The lowest BCUT2D eigenvalue weighted by atomic mass is 10.1. The van der Waals surface area contributed by atoms with Gasteiger partial charge in [0.1, 0.15) is 0 Å². The molecule has 0 spiro atoms. The summed E-state index contributed by atoms with van der Waals surface area (Å²) in [4.78, 5) is 4.17. The van der Waals surface area contributed by atoms with Crippen molar-refractivity contribution < 1.29 is 5.11 Å². The first-order valence-corrected chi connectivity index (χ1v) is 16.0. The van der Waals surface area contributed by atoms with Gasteiger partial charge in [-0.1, -0.05) is 57.2 Å². The second-order valence-corrected chi connectivity index (χ2v) is 13.7. The van der Waals surface area contributed by atoms with E-state index in [1.807, 2.05) is 36.5 Å². The van der Waals surface area contributed by atoms with Crippen molar-refractivity contribution in [3.63, 3.8) is 0 Å². The molecule has 0 amide bonds. The number of hydrogen-bond donors (Lipinski definition) is 3. The molecule has 2 aromatic carbocycles. The van der Waals surface area contributed by atoms with Crippen LogP contribution in [0, 0.1) is 0 Å². The van der Waals surface area contributed by atoms with Crippen molar-refractivity contribution in [3.8, 4) is 0 Å². The normalized spacial score (nSPS) is 17.6. The molecule has 4 nitrogen and oxygen atoms in total. The molecule has 0 saturated carbocycles. The molecular formula is C26H34N3OPS2. The third-order valence-electron chi connectivity index (χ3n) is 5.55. The topological polar surface area (TPSA) is 57.2 Å². The Morgan fingerprint density at radius 1 is 1.09 bits per heavy atom. The molecule has 3 N–H and O–H groups in total. The summed E-state index contributed by atoms with van der Waals surface area (Å²) in [5, 5.41) is 15.5.